The topological polar surface area (TPSA) is 67.0 Å². The second-order valence-electron chi connectivity index (χ2n) is 4.08. The van der Waals surface area contributed by atoms with E-state index in [4.69, 9.17) is 4.42 Å². The Hall–Kier alpha value is -2.08. The van der Waals surface area contributed by atoms with Crippen LogP contribution in [0.3, 0.4) is 0 Å². The number of carbonyl (C=O) groups is 1. The van der Waals surface area contributed by atoms with Crippen LogP contribution in [0, 0.1) is 0 Å². The van der Waals surface area contributed by atoms with Crippen molar-refractivity contribution in [2.24, 2.45) is 10.2 Å². The largest absolute Gasteiger partial charge is 0.455 e. The van der Waals surface area contributed by atoms with Gasteiger partial charge in [0.1, 0.15) is 11.3 Å². The molecule has 2 heterocycles. The van der Waals surface area contributed by atoms with E-state index in [2.05, 4.69) is 15.5 Å². The molecule has 0 bridgehead atoms. The molecular weight excluding hydrogens is 262 g/mol. The van der Waals surface area contributed by atoms with Crippen molar-refractivity contribution in [3.63, 3.8) is 0 Å². The van der Waals surface area contributed by atoms with Crippen molar-refractivity contribution in [2.45, 2.75) is 6.92 Å². The van der Waals surface area contributed by atoms with Crippen LogP contribution in [-0.4, -0.2) is 22.5 Å². The van der Waals surface area contributed by atoms with E-state index in [-0.39, 0.29) is 5.91 Å². The number of fused-ring (bicyclic) bond motifs is 1. The Labute approximate surface area is 113 Å². The Kier molecular flexibility index (Phi) is 3.08. The third kappa shape index (κ3) is 2.53. The summed E-state index contributed by atoms with van der Waals surface area (Å²) in [5.41, 5.74) is 1.49. The van der Waals surface area contributed by atoms with Gasteiger partial charge in [-0.2, -0.15) is 0 Å². The standard InChI is InChI=1S/C13H11N3O2S/c1-8(15-16-13-14-12(17)7-19-13)11-6-9-4-2-3-5-10(9)18-11/h2-6H,7H2,1H3,(H,14,16,17)/b15-8+. The monoisotopic (exact) mass is 273 g/mol. The summed E-state index contributed by atoms with van der Waals surface area (Å²) in [6.45, 7) is 1.82. The van der Waals surface area contributed by atoms with Crippen molar-refractivity contribution in [3.8, 4) is 0 Å². The summed E-state index contributed by atoms with van der Waals surface area (Å²) in [5, 5.41) is 12.3. The highest BCUT2D eigenvalue weighted by atomic mass is 32.2. The number of benzene rings is 1. The minimum Gasteiger partial charge on any atom is -0.455 e. The minimum atomic E-state index is -0.0414. The molecule has 1 N–H and O–H groups in total. The first-order chi connectivity index (χ1) is 9.22. The molecule has 1 saturated heterocycles. The summed E-state index contributed by atoms with van der Waals surface area (Å²) < 4.78 is 5.67. The van der Waals surface area contributed by atoms with Crippen molar-refractivity contribution < 1.29 is 9.21 Å². The number of carbonyl (C=O) groups excluding carboxylic acids is 1. The van der Waals surface area contributed by atoms with Gasteiger partial charge in [0.2, 0.25) is 5.91 Å². The van der Waals surface area contributed by atoms with Gasteiger partial charge in [0, 0.05) is 5.39 Å². The first-order valence-corrected chi connectivity index (χ1v) is 6.75. The van der Waals surface area contributed by atoms with E-state index in [0.717, 1.165) is 11.0 Å². The fourth-order valence-corrected chi connectivity index (χ4v) is 2.33. The fraction of sp³-hybridized carbons (Fsp3) is 0.154. The molecular formula is C13H11N3O2S. The summed E-state index contributed by atoms with van der Waals surface area (Å²) in [7, 11) is 0. The molecule has 1 aromatic carbocycles. The van der Waals surface area contributed by atoms with E-state index in [0.29, 0.717) is 22.4 Å². The average Bonchev–Trinajstić information content (AvgIpc) is 3.01. The first kappa shape index (κ1) is 12.0. The van der Waals surface area contributed by atoms with E-state index >= 15 is 0 Å². The Bertz CT molecular complexity index is 670. The van der Waals surface area contributed by atoms with Crippen molar-refractivity contribution in [1.29, 1.82) is 0 Å². The van der Waals surface area contributed by atoms with Crippen LogP contribution in [0.2, 0.25) is 0 Å². The predicted octanol–water partition coefficient (Wildman–Crippen LogP) is 2.38. The van der Waals surface area contributed by atoms with Crippen molar-refractivity contribution in [3.05, 3.63) is 36.1 Å². The van der Waals surface area contributed by atoms with Gasteiger partial charge in [0.05, 0.1) is 5.75 Å². The Morgan fingerprint density at radius 2 is 2.26 bits per heavy atom. The maximum atomic E-state index is 11.0. The zero-order valence-corrected chi connectivity index (χ0v) is 11.0. The summed E-state index contributed by atoms with van der Waals surface area (Å²) in [6.07, 6.45) is 0. The van der Waals surface area contributed by atoms with E-state index in [1.807, 2.05) is 37.3 Å². The molecule has 0 aliphatic carbocycles. The van der Waals surface area contributed by atoms with Crippen molar-refractivity contribution in [2.75, 3.05) is 5.75 Å². The third-order valence-electron chi connectivity index (χ3n) is 2.66. The maximum Gasteiger partial charge on any atom is 0.236 e. The summed E-state index contributed by atoms with van der Waals surface area (Å²) >= 11 is 1.34. The quantitative estimate of drug-likeness (QED) is 0.674. The van der Waals surface area contributed by atoms with Gasteiger partial charge in [0.15, 0.2) is 10.9 Å². The van der Waals surface area contributed by atoms with Crippen LogP contribution < -0.4 is 5.32 Å². The van der Waals surface area contributed by atoms with Gasteiger partial charge in [-0.1, -0.05) is 30.0 Å². The van der Waals surface area contributed by atoms with Gasteiger partial charge in [-0.05, 0) is 19.1 Å². The van der Waals surface area contributed by atoms with Crippen LogP contribution in [0.4, 0.5) is 0 Å². The molecule has 0 radical (unpaired) electrons. The third-order valence-corrected chi connectivity index (χ3v) is 3.52. The maximum absolute atomic E-state index is 11.0. The van der Waals surface area contributed by atoms with E-state index in [9.17, 15) is 4.79 Å². The van der Waals surface area contributed by atoms with Crippen LogP contribution in [0.1, 0.15) is 12.7 Å². The molecule has 3 rings (SSSR count). The zero-order chi connectivity index (χ0) is 13.2. The molecule has 19 heavy (non-hydrogen) atoms. The molecule has 2 aromatic rings. The lowest BCUT2D eigenvalue weighted by Crippen LogP contribution is -2.19. The molecule has 1 aromatic heterocycles. The molecule has 0 atom stereocenters. The lowest BCUT2D eigenvalue weighted by molar-refractivity contribution is -0.116. The second-order valence-corrected chi connectivity index (χ2v) is 5.04. The molecule has 1 aliphatic heterocycles. The lowest BCUT2D eigenvalue weighted by atomic mass is 10.2. The Morgan fingerprint density at radius 3 is 3.00 bits per heavy atom. The highest BCUT2D eigenvalue weighted by Crippen LogP contribution is 2.19. The average molecular weight is 273 g/mol. The van der Waals surface area contributed by atoms with Crippen molar-refractivity contribution in [1.82, 2.24) is 5.32 Å². The molecule has 0 saturated carbocycles. The smallest absolute Gasteiger partial charge is 0.236 e. The highest BCUT2D eigenvalue weighted by molar-refractivity contribution is 8.15. The molecule has 0 spiro atoms. The van der Waals surface area contributed by atoms with Gasteiger partial charge in [-0.3, -0.25) is 4.79 Å². The number of thioether (sulfide) groups is 1. The first-order valence-electron chi connectivity index (χ1n) is 5.76. The molecule has 6 heteroatoms. The molecule has 1 fully saturated rings. The Balaban J connectivity index is 1.86. The number of furan rings is 1. The number of nitrogens with zero attached hydrogens (tertiary/aromatic N) is 2. The van der Waals surface area contributed by atoms with Gasteiger partial charge in [-0.15, -0.1) is 10.2 Å². The van der Waals surface area contributed by atoms with Crippen LogP contribution in [0.15, 0.2) is 45.0 Å². The normalized spacial score (nSPS) is 18.3. The van der Waals surface area contributed by atoms with E-state index in [1.165, 1.54) is 11.8 Å². The zero-order valence-electron chi connectivity index (χ0n) is 10.2. The summed E-state index contributed by atoms with van der Waals surface area (Å²) in [4.78, 5) is 11.0. The predicted molar refractivity (Wildman–Crippen MR) is 76.5 cm³/mol. The van der Waals surface area contributed by atoms with Crippen molar-refractivity contribution >= 4 is 39.5 Å². The van der Waals surface area contributed by atoms with Gasteiger partial charge in [0.25, 0.3) is 0 Å². The molecule has 1 aliphatic rings. The van der Waals surface area contributed by atoms with Crippen LogP contribution in [-0.2, 0) is 4.79 Å². The SMILES string of the molecule is C/C(=N\N=C1/NC(=O)CS1)c1cc2ccccc2o1. The van der Waals surface area contributed by atoms with Crippen LogP contribution in [0.25, 0.3) is 11.0 Å². The minimum absolute atomic E-state index is 0.0414. The Morgan fingerprint density at radius 1 is 1.42 bits per heavy atom. The summed E-state index contributed by atoms with van der Waals surface area (Å²) in [6, 6.07) is 9.69. The number of amides is 1. The second kappa shape index (κ2) is 4.89. The van der Waals surface area contributed by atoms with E-state index in [1.54, 1.807) is 0 Å². The number of hydrogen-bond acceptors (Lipinski definition) is 5. The van der Waals surface area contributed by atoms with Gasteiger partial charge >= 0.3 is 0 Å². The highest BCUT2D eigenvalue weighted by Gasteiger charge is 2.16. The molecule has 0 unspecified atom stereocenters. The number of nitrogens with one attached hydrogen (secondary N) is 1. The molecule has 5 nitrogen and oxygen atoms in total. The van der Waals surface area contributed by atoms with Gasteiger partial charge in [-0.25, -0.2) is 0 Å². The summed E-state index contributed by atoms with van der Waals surface area (Å²) in [5.74, 6) is 1.04. The number of para-hydroxylation sites is 1. The van der Waals surface area contributed by atoms with Crippen LogP contribution >= 0.6 is 11.8 Å². The molecule has 96 valence electrons. The molecule has 1 amide bonds. The number of rotatable bonds is 2. The number of amidine groups is 1. The van der Waals surface area contributed by atoms with E-state index < -0.39 is 0 Å². The van der Waals surface area contributed by atoms with Gasteiger partial charge < -0.3 is 9.73 Å². The lowest BCUT2D eigenvalue weighted by Gasteiger charge is -1.93. The fourth-order valence-electron chi connectivity index (χ4n) is 1.71. The number of hydrogen-bond donors (Lipinski definition) is 1. The van der Waals surface area contributed by atoms with Crippen LogP contribution in [0.5, 0.6) is 0 Å².